The molecule has 0 radical (unpaired) electrons. The van der Waals surface area contributed by atoms with Crippen LogP contribution in [-0.4, -0.2) is 16.8 Å². The third kappa shape index (κ3) is 2.95. The van der Waals surface area contributed by atoms with Gasteiger partial charge in [-0.1, -0.05) is 0 Å². The predicted octanol–water partition coefficient (Wildman–Crippen LogP) is 2.13. The Morgan fingerprint density at radius 3 is 2.50 bits per heavy atom. The predicted molar refractivity (Wildman–Crippen MR) is 67.6 cm³/mol. The SMILES string of the molecule is CCOc1ccc(Oc2nnccc2CN)cc1. The highest BCUT2D eigenvalue weighted by Gasteiger charge is 2.05. The largest absolute Gasteiger partial charge is 0.494 e. The molecule has 2 aromatic rings. The molecule has 0 aliphatic heterocycles. The lowest BCUT2D eigenvalue weighted by atomic mass is 10.3. The number of hydrogen-bond donors (Lipinski definition) is 1. The van der Waals surface area contributed by atoms with Crippen molar-refractivity contribution in [3.63, 3.8) is 0 Å². The van der Waals surface area contributed by atoms with Gasteiger partial charge in [0.25, 0.3) is 0 Å². The maximum atomic E-state index is 5.62. The Bertz CT molecular complexity index is 500. The van der Waals surface area contributed by atoms with E-state index in [0.29, 0.717) is 24.8 Å². The van der Waals surface area contributed by atoms with Gasteiger partial charge in [-0.15, -0.1) is 5.10 Å². The average Bonchev–Trinajstić information content (AvgIpc) is 2.42. The van der Waals surface area contributed by atoms with Gasteiger partial charge >= 0.3 is 0 Å². The van der Waals surface area contributed by atoms with E-state index in [9.17, 15) is 0 Å². The number of aromatic nitrogens is 2. The summed E-state index contributed by atoms with van der Waals surface area (Å²) in [7, 11) is 0. The third-order valence-corrected chi connectivity index (χ3v) is 2.33. The summed E-state index contributed by atoms with van der Waals surface area (Å²) in [4.78, 5) is 0. The van der Waals surface area contributed by atoms with E-state index in [1.54, 1.807) is 12.3 Å². The maximum Gasteiger partial charge on any atom is 0.243 e. The first-order valence-corrected chi connectivity index (χ1v) is 5.75. The van der Waals surface area contributed by atoms with Crippen LogP contribution in [0.25, 0.3) is 0 Å². The smallest absolute Gasteiger partial charge is 0.243 e. The number of benzene rings is 1. The zero-order valence-electron chi connectivity index (χ0n) is 10.2. The lowest BCUT2D eigenvalue weighted by molar-refractivity contribution is 0.339. The van der Waals surface area contributed by atoms with Gasteiger partial charge in [-0.25, -0.2) is 0 Å². The van der Waals surface area contributed by atoms with Gasteiger partial charge < -0.3 is 15.2 Å². The molecule has 0 fully saturated rings. The Morgan fingerprint density at radius 2 is 1.83 bits per heavy atom. The van der Waals surface area contributed by atoms with Crippen molar-refractivity contribution in [1.29, 1.82) is 0 Å². The van der Waals surface area contributed by atoms with Crippen LogP contribution in [0.2, 0.25) is 0 Å². The van der Waals surface area contributed by atoms with E-state index >= 15 is 0 Å². The van der Waals surface area contributed by atoms with Crippen molar-refractivity contribution in [3.05, 3.63) is 42.1 Å². The van der Waals surface area contributed by atoms with Crippen molar-refractivity contribution in [3.8, 4) is 17.4 Å². The lowest BCUT2D eigenvalue weighted by Gasteiger charge is -2.08. The minimum absolute atomic E-state index is 0.363. The summed E-state index contributed by atoms with van der Waals surface area (Å²) in [5.74, 6) is 1.92. The van der Waals surface area contributed by atoms with Crippen LogP contribution in [0.15, 0.2) is 36.5 Å². The molecule has 2 N–H and O–H groups in total. The van der Waals surface area contributed by atoms with Crippen LogP contribution >= 0.6 is 0 Å². The van der Waals surface area contributed by atoms with Gasteiger partial charge in [0.1, 0.15) is 11.5 Å². The number of hydrogen-bond acceptors (Lipinski definition) is 5. The summed E-state index contributed by atoms with van der Waals surface area (Å²) >= 11 is 0. The molecule has 0 aliphatic rings. The van der Waals surface area contributed by atoms with Gasteiger partial charge in [0.2, 0.25) is 5.88 Å². The van der Waals surface area contributed by atoms with Crippen molar-refractivity contribution in [2.24, 2.45) is 5.73 Å². The van der Waals surface area contributed by atoms with Gasteiger partial charge in [-0.3, -0.25) is 0 Å². The van der Waals surface area contributed by atoms with E-state index in [-0.39, 0.29) is 0 Å². The second-order valence-electron chi connectivity index (χ2n) is 3.57. The van der Waals surface area contributed by atoms with Crippen LogP contribution in [0, 0.1) is 0 Å². The molecule has 0 bridgehead atoms. The number of nitrogens with two attached hydrogens (primary N) is 1. The Hall–Kier alpha value is -2.14. The normalized spacial score (nSPS) is 10.1. The Balaban J connectivity index is 2.13. The topological polar surface area (TPSA) is 70.3 Å². The molecule has 5 heteroatoms. The average molecular weight is 245 g/mol. The maximum absolute atomic E-state index is 5.62. The molecule has 0 aliphatic carbocycles. The zero-order chi connectivity index (χ0) is 12.8. The van der Waals surface area contributed by atoms with Crippen LogP contribution in [0.1, 0.15) is 12.5 Å². The molecule has 94 valence electrons. The molecule has 1 aromatic carbocycles. The Morgan fingerprint density at radius 1 is 1.11 bits per heavy atom. The molecule has 1 aromatic heterocycles. The monoisotopic (exact) mass is 245 g/mol. The van der Waals surface area contributed by atoms with E-state index in [1.165, 1.54) is 0 Å². The molecule has 0 unspecified atom stereocenters. The molecular formula is C13H15N3O2. The number of ether oxygens (including phenoxy) is 2. The summed E-state index contributed by atoms with van der Waals surface area (Å²) in [6, 6.07) is 9.12. The highest BCUT2D eigenvalue weighted by Crippen LogP contribution is 2.24. The van der Waals surface area contributed by atoms with E-state index < -0.39 is 0 Å². The summed E-state index contributed by atoms with van der Waals surface area (Å²) in [6.07, 6.45) is 1.59. The fourth-order valence-electron chi connectivity index (χ4n) is 1.47. The molecule has 0 spiro atoms. The van der Waals surface area contributed by atoms with E-state index in [2.05, 4.69) is 10.2 Å². The van der Waals surface area contributed by atoms with Crippen molar-refractivity contribution >= 4 is 0 Å². The summed E-state index contributed by atoms with van der Waals surface area (Å²) in [5, 5.41) is 7.70. The number of rotatable bonds is 5. The van der Waals surface area contributed by atoms with Crippen molar-refractivity contribution < 1.29 is 9.47 Å². The van der Waals surface area contributed by atoms with E-state index in [4.69, 9.17) is 15.2 Å². The summed E-state index contributed by atoms with van der Waals surface area (Å²) in [6.45, 7) is 2.95. The van der Waals surface area contributed by atoms with Crippen molar-refractivity contribution in [2.45, 2.75) is 13.5 Å². The van der Waals surface area contributed by atoms with E-state index in [0.717, 1.165) is 11.3 Å². The third-order valence-electron chi connectivity index (χ3n) is 2.33. The quantitative estimate of drug-likeness (QED) is 0.873. The minimum atomic E-state index is 0.363. The summed E-state index contributed by atoms with van der Waals surface area (Å²) < 4.78 is 11.0. The van der Waals surface area contributed by atoms with Crippen LogP contribution in [0.5, 0.6) is 17.4 Å². The van der Waals surface area contributed by atoms with Crippen LogP contribution in [0.3, 0.4) is 0 Å². The number of nitrogens with zero attached hydrogens (tertiary/aromatic N) is 2. The molecular weight excluding hydrogens is 230 g/mol. The zero-order valence-corrected chi connectivity index (χ0v) is 10.2. The Labute approximate surface area is 106 Å². The molecule has 0 atom stereocenters. The highest BCUT2D eigenvalue weighted by atomic mass is 16.5. The fourth-order valence-corrected chi connectivity index (χ4v) is 1.47. The first-order valence-electron chi connectivity index (χ1n) is 5.75. The van der Waals surface area contributed by atoms with Gasteiger partial charge in [-0.05, 0) is 37.3 Å². The summed E-state index contributed by atoms with van der Waals surface area (Å²) in [5.41, 5.74) is 6.42. The van der Waals surface area contributed by atoms with Gasteiger partial charge in [0.15, 0.2) is 0 Å². The van der Waals surface area contributed by atoms with Crippen LogP contribution in [0.4, 0.5) is 0 Å². The van der Waals surface area contributed by atoms with Crippen LogP contribution < -0.4 is 15.2 Å². The molecule has 5 nitrogen and oxygen atoms in total. The first kappa shape index (κ1) is 12.3. The van der Waals surface area contributed by atoms with Gasteiger partial charge in [-0.2, -0.15) is 5.10 Å². The van der Waals surface area contributed by atoms with Crippen molar-refractivity contribution in [1.82, 2.24) is 10.2 Å². The molecule has 0 amide bonds. The molecule has 0 saturated carbocycles. The van der Waals surface area contributed by atoms with Crippen LogP contribution in [-0.2, 0) is 6.54 Å². The second-order valence-corrected chi connectivity index (χ2v) is 3.57. The fraction of sp³-hybridized carbons (Fsp3) is 0.231. The molecule has 1 heterocycles. The van der Waals surface area contributed by atoms with Gasteiger partial charge in [0, 0.05) is 12.1 Å². The molecule has 18 heavy (non-hydrogen) atoms. The van der Waals surface area contributed by atoms with Gasteiger partial charge in [0.05, 0.1) is 12.8 Å². The second kappa shape index (κ2) is 5.97. The first-order chi connectivity index (χ1) is 8.83. The standard InChI is InChI=1S/C13H15N3O2/c1-2-17-11-3-5-12(6-4-11)18-13-10(9-14)7-8-15-16-13/h3-8H,2,9,14H2,1H3. The lowest BCUT2D eigenvalue weighted by Crippen LogP contribution is -2.02. The molecule has 0 saturated heterocycles. The molecule has 2 rings (SSSR count). The van der Waals surface area contributed by atoms with Crippen molar-refractivity contribution in [2.75, 3.05) is 6.61 Å². The minimum Gasteiger partial charge on any atom is -0.494 e. The highest BCUT2D eigenvalue weighted by molar-refractivity contribution is 5.35. The van der Waals surface area contributed by atoms with E-state index in [1.807, 2.05) is 31.2 Å². The Kier molecular flexibility index (Phi) is 4.09.